The molecule has 1 rings (SSSR count). The van der Waals surface area contributed by atoms with Gasteiger partial charge >= 0.3 is 29.6 Å². The first-order valence-electron chi connectivity index (χ1n) is 3.65. The van der Waals surface area contributed by atoms with E-state index in [0.717, 1.165) is 17.2 Å². The van der Waals surface area contributed by atoms with Crippen molar-refractivity contribution in [1.29, 1.82) is 0 Å². The van der Waals surface area contributed by atoms with Crippen molar-refractivity contribution in [3.8, 4) is 0 Å². The van der Waals surface area contributed by atoms with Gasteiger partial charge in [-0.15, -0.1) is 0 Å². The van der Waals surface area contributed by atoms with Crippen molar-refractivity contribution in [3.05, 3.63) is 41.5 Å². The summed E-state index contributed by atoms with van der Waals surface area (Å²) in [7, 11) is 0. The summed E-state index contributed by atoms with van der Waals surface area (Å²) < 4.78 is 0. The van der Waals surface area contributed by atoms with E-state index >= 15 is 0 Å². The maximum atomic E-state index is 10.1. The summed E-state index contributed by atoms with van der Waals surface area (Å²) in [5, 5.41) is 10.1. The summed E-state index contributed by atoms with van der Waals surface area (Å²) in [5.74, 6) is -1.17. The fourth-order valence-electron chi connectivity index (χ4n) is 0.932. The van der Waals surface area contributed by atoms with Crippen LogP contribution in [-0.2, 0) is 4.79 Å². The summed E-state index contributed by atoms with van der Waals surface area (Å²) in [6, 6.07) is 7.55. The van der Waals surface area contributed by atoms with E-state index in [-0.39, 0.29) is 29.6 Å². The van der Waals surface area contributed by atoms with Gasteiger partial charge in [0.1, 0.15) is 0 Å². The quantitative estimate of drug-likeness (QED) is 0.385. The normalized spacial score (nSPS) is 9.62. The van der Waals surface area contributed by atoms with Crippen molar-refractivity contribution >= 4 is 12.0 Å². The largest absolute Gasteiger partial charge is 1.00 e. The van der Waals surface area contributed by atoms with Gasteiger partial charge in [0.2, 0.25) is 0 Å². The van der Waals surface area contributed by atoms with Gasteiger partial charge in [-0.3, -0.25) is 0 Å². The van der Waals surface area contributed by atoms with E-state index in [4.69, 9.17) is 0 Å². The van der Waals surface area contributed by atoms with Gasteiger partial charge < -0.3 is 9.90 Å². The van der Waals surface area contributed by atoms with Crippen molar-refractivity contribution in [2.75, 3.05) is 0 Å². The van der Waals surface area contributed by atoms with Gasteiger partial charge in [-0.2, -0.15) is 0 Å². The number of carboxylic acids is 1. The van der Waals surface area contributed by atoms with Crippen LogP contribution < -0.4 is 34.7 Å². The second kappa shape index (κ2) is 5.97. The van der Waals surface area contributed by atoms with E-state index in [2.05, 4.69) is 0 Å². The molecule has 13 heavy (non-hydrogen) atoms. The van der Waals surface area contributed by atoms with Crippen LogP contribution in [0.1, 0.15) is 11.1 Å². The molecule has 0 amide bonds. The first kappa shape index (κ1) is 12.4. The van der Waals surface area contributed by atoms with Gasteiger partial charge in [0.25, 0.3) is 0 Å². The van der Waals surface area contributed by atoms with Gasteiger partial charge in [0.05, 0.1) is 5.97 Å². The predicted octanol–water partition coefficient (Wildman–Crippen LogP) is -2.24. The molecule has 0 unspecified atom stereocenters. The van der Waals surface area contributed by atoms with Crippen LogP contribution in [0.5, 0.6) is 0 Å². The molecule has 2 nitrogen and oxygen atoms in total. The number of hydrogen-bond acceptors (Lipinski definition) is 2. The molecule has 0 spiro atoms. The number of hydrogen-bond donors (Lipinski definition) is 0. The van der Waals surface area contributed by atoms with E-state index in [1.165, 1.54) is 6.08 Å². The van der Waals surface area contributed by atoms with Crippen LogP contribution in [0, 0.1) is 6.92 Å². The maximum absolute atomic E-state index is 10.1. The number of carbonyl (C=O) groups excluding carboxylic acids is 1. The van der Waals surface area contributed by atoms with E-state index in [0.29, 0.717) is 0 Å². The fourth-order valence-corrected chi connectivity index (χ4v) is 0.932. The van der Waals surface area contributed by atoms with Crippen LogP contribution in [0.15, 0.2) is 30.3 Å². The predicted molar refractivity (Wildman–Crippen MR) is 45.2 cm³/mol. The molecule has 1 aromatic carbocycles. The zero-order chi connectivity index (χ0) is 8.97. The number of aryl methyl sites for hydroxylation is 1. The molecule has 1 aromatic rings. The number of aliphatic carboxylic acids is 1. The Bertz CT molecular complexity index is 318. The van der Waals surface area contributed by atoms with Gasteiger partial charge in [-0.25, -0.2) is 0 Å². The van der Waals surface area contributed by atoms with Gasteiger partial charge in [0, 0.05) is 0 Å². The van der Waals surface area contributed by atoms with Crippen LogP contribution in [0.4, 0.5) is 0 Å². The molecule has 0 saturated heterocycles. The Balaban J connectivity index is 0.00000144. The van der Waals surface area contributed by atoms with E-state index in [1.807, 2.05) is 31.2 Å². The van der Waals surface area contributed by atoms with Crippen LogP contribution in [0.25, 0.3) is 6.08 Å². The molecule has 0 bridgehead atoms. The molecule has 0 aliphatic carbocycles. The first-order chi connectivity index (χ1) is 5.70. The minimum atomic E-state index is -1.17. The molecule has 0 aromatic heterocycles. The minimum Gasteiger partial charge on any atom is -0.545 e. The molecule has 0 aliphatic heterocycles. The summed E-state index contributed by atoms with van der Waals surface area (Å²) >= 11 is 0. The number of carboxylic acid groups (broad SMARTS) is 1. The smallest absolute Gasteiger partial charge is 0.545 e. The Labute approximate surface area is 99.6 Å². The molecule has 0 heterocycles. The van der Waals surface area contributed by atoms with E-state index in [1.54, 1.807) is 0 Å². The summed E-state index contributed by atoms with van der Waals surface area (Å²) in [4.78, 5) is 10.1. The SMILES string of the molecule is Cc1ccccc1C=CC(=O)[O-].[Na+]. The summed E-state index contributed by atoms with van der Waals surface area (Å²) in [5.41, 5.74) is 1.96. The van der Waals surface area contributed by atoms with Crippen molar-refractivity contribution in [3.63, 3.8) is 0 Å². The molecule has 3 heteroatoms. The zero-order valence-corrected chi connectivity index (χ0v) is 9.78. The third-order valence-electron chi connectivity index (χ3n) is 1.59. The summed E-state index contributed by atoms with van der Waals surface area (Å²) in [6.45, 7) is 1.93. The Morgan fingerprint density at radius 2 is 2.00 bits per heavy atom. The molecule has 0 N–H and O–H groups in total. The van der Waals surface area contributed by atoms with E-state index in [9.17, 15) is 9.90 Å². The monoisotopic (exact) mass is 184 g/mol. The average Bonchev–Trinajstić information content (AvgIpc) is 2.03. The molecule has 0 atom stereocenters. The Morgan fingerprint density at radius 1 is 1.38 bits per heavy atom. The third-order valence-corrected chi connectivity index (χ3v) is 1.59. The van der Waals surface area contributed by atoms with Crippen molar-refractivity contribution in [1.82, 2.24) is 0 Å². The standard InChI is InChI=1S/C10H10O2.Na/c1-8-4-2-3-5-9(8)6-7-10(11)12;/h2-7H,1H3,(H,11,12);/q;+1/p-1. The molecule has 0 radical (unpaired) electrons. The Kier molecular flexibility index (Phi) is 5.71. The molecular weight excluding hydrogens is 175 g/mol. The van der Waals surface area contributed by atoms with Crippen molar-refractivity contribution < 1.29 is 39.5 Å². The van der Waals surface area contributed by atoms with Crippen LogP contribution >= 0.6 is 0 Å². The number of carbonyl (C=O) groups is 1. The topological polar surface area (TPSA) is 40.1 Å². The van der Waals surface area contributed by atoms with Gasteiger partial charge in [-0.05, 0) is 24.1 Å². The fraction of sp³-hybridized carbons (Fsp3) is 0.100. The summed E-state index contributed by atoms with van der Waals surface area (Å²) in [6.07, 6.45) is 2.56. The Morgan fingerprint density at radius 3 is 2.54 bits per heavy atom. The second-order valence-corrected chi connectivity index (χ2v) is 2.51. The molecule has 62 valence electrons. The zero-order valence-electron chi connectivity index (χ0n) is 7.78. The van der Waals surface area contributed by atoms with Crippen LogP contribution in [-0.4, -0.2) is 5.97 Å². The third kappa shape index (κ3) is 4.27. The first-order valence-corrected chi connectivity index (χ1v) is 3.65. The number of benzene rings is 1. The Hall–Kier alpha value is -0.570. The van der Waals surface area contributed by atoms with Gasteiger partial charge in [0.15, 0.2) is 0 Å². The maximum Gasteiger partial charge on any atom is 1.00 e. The average molecular weight is 184 g/mol. The molecule has 0 aliphatic rings. The van der Waals surface area contributed by atoms with Crippen molar-refractivity contribution in [2.45, 2.75) is 6.92 Å². The molecular formula is C10H9NaO2. The number of rotatable bonds is 2. The van der Waals surface area contributed by atoms with E-state index < -0.39 is 5.97 Å². The van der Waals surface area contributed by atoms with Crippen molar-refractivity contribution in [2.24, 2.45) is 0 Å². The second-order valence-electron chi connectivity index (χ2n) is 2.51. The van der Waals surface area contributed by atoms with Crippen LogP contribution in [0.3, 0.4) is 0 Å². The molecule has 0 saturated carbocycles. The minimum absolute atomic E-state index is 0. The van der Waals surface area contributed by atoms with Gasteiger partial charge in [-0.1, -0.05) is 30.3 Å². The van der Waals surface area contributed by atoms with Crippen LogP contribution in [0.2, 0.25) is 0 Å². The molecule has 0 fully saturated rings.